The highest BCUT2D eigenvalue weighted by atomic mass is 16.5. The molecule has 32 heavy (non-hydrogen) atoms. The number of fused-ring (bicyclic) bond motifs is 2. The van der Waals surface area contributed by atoms with Crippen LogP contribution in [0.15, 0.2) is 67.3 Å². The van der Waals surface area contributed by atoms with Gasteiger partial charge in [0.1, 0.15) is 17.5 Å². The Morgan fingerprint density at radius 3 is 2.72 bits per heavy atom. The van der Waals surface area contributed by atoms with E-state index < -0.39 is 0 Å². The first-order chi connectivity index (χ1) is 15.4. The molecular weight excluding hydrogens is 398 g/mol. The zero-order valence-corrected chi connectivity index (χ0v) is 18.3. The van der Waals surface area contributed by atoms with Gasteiger partial charge in [-0.05, 0) is 62.2 Å². The summed E-state index contributed by atoms with van der Waals surface area (Å²) in [5.41, 5.74) is 7.05. The molecule has 0 aliphatic carbocycles. The molecule has 5 rings (SSSR count). The van der Waals surface area contributed by atoms with Crippen LogP contribution in [0.2, 0.25) is 0 Å². The van der Waals surface area contributed by atoms with Crippen LogP contribution in [0.1, 0.15) is 20.8 Å². The van der Waals surface area contributed by atoms with E-state index in [-0.39, 0.29) is 12.1 Å². The number of hydrogen-bond donors (Lipinski definition) is 1. The predicted molar refractivity (Wildman–Crippen MR) is 126 cm³/mol. The molecule has 0 bridgehead atoms. The number of benzene rings is 2. The van der Waals surface area contributed by atoms with Gasteiger partial charge in [0.15, 0.2) is 6.61 Å². The van der Waals surface area contributed by atoms with Gasteiger partial charge in [0.05, 0.1) is 17.4 Å². The third-order valence-electron chi connectivity index (χ3n) is 5.58. The highest BCUT2D eigenvalue weighted by molar-refractivity contribution is 5.97. The van der Waals surface area contributed by atoms with Crippen LogP contribution in [0.5, 0.6) is 5.75 Å². The highest BCUT2D eigenvalue weighted by Crippen LogP contribution is 2.34. The molecule has 0 spiro atoms. The number of hydrogen-bond acceptors (Lipinski definition) is 4. The molecule has 0 unspecified atom stereocenters. The van der Waals surface area contributed by atoms with Crippen molar-refractivity contribution in [2.45, 2.75) is 26.3 Å². The van der Waals surface area contributed by atoms with Crippen molar-refractivity contribution in [3.8, 4) is 34.1 Å². The average molecular weight is 422 g/mol. The number of nitriles is 1. The van der Waals surface area contributed by atoms with Crippen molar-refractivity contribution in [1.29, 1.82) is 5.26 Å². The lowest BCUT2D eigenvalue weighted by Crippen LogP contribution is -2.20. The van der Waals surface area contributed by atoms with Crippen LogP contribution >= 0.6 is 0 Å². The Morgan fingerprint density at radius 2 is 1.91 bits per heavy atom. The Kier molecular flexibility index (Phi) is 4.67. The van der Waals surface area contributed by atoms with Crippen LogP contribution in [-0.2, 0) is 5.54 Å². The van der Waals surface area contributed by atoms with Crippen molar-refractivity contribution in [3.05, 3.63) is 67.3 Å². The van der Waals surface area contributed by atoms with Gasteiger partial charge in [0.2, 0.25) is 0 Å². The fraction of sp³-hybridized carbons (Fsp3) is 0.192. The lowest BCUT2D eigenvalue weighted by Gasteiger charge is -2.21. The minimum atomic E-state index is -0.0546. The minimum absolute atomic E-state index is 0.0241. The molecule has 1 N–H and O–H groups in total. The second-order valence-corrected chi connectivity index (χ2v) is 8.79. The second-order valence-electron chi connectivity index (χ2n) is 8.79. The number of nitrogens with one attached hydrogen (secondary N) is 1. The number of aromatic nitrogens is 4. The van der Waals surface area contributed by atoms with Gasteiger partial charge in [0, 0.05) is 34.4 Å². The molecule has 0 atom stereocenters. The Balaban J connectivity index is 1.60. The van der Waals surface area contributed by atoms with Gasteiger partial charge >= 0.3 is 0 Å². The Morgan fingerprint density at radius 1 is 1.03 bits per heavy atom. The molecule has 5 aromatic rings. The maximum Gasteiger partial charge on any atom is 0.174 e. The first-order valence-corrected chi connectivity index (χ1v) is 10.5. The molecule has 0 aliphatic rings. The summed E-state index contributed by atoms with van der Waals surface area (Å²) in [6.45, 7) is 6.56. The zero-order valence-electron chi connectivity index (χ0n) is 18.3. The normalized spacial score (nSPS) is 11.7. The maximum absolute atomic E-state index is 8.77. The summed E-state index contributed by atoms with van der Waals surface area (Å²) in [4.78, 5) is 12.5. The maximum atomic E-state index is 8.77. The van der Waals surface area contributed by atoms with Gasteiger partial charge in [-0.1, -0.05) is 18.2 Å². The third kappa shape index (κ3) is 3.48. The molecule has 3 aromatic heterocycles. The molecule has 6 heteroatoms. The molecule has 2 aromatic carbocycles. The number of pyridine rings is 1. The summed E-state index contributed by atoms with van der Waals surface area (Å²) >= 11 is 0. The monoisotopic (exact) mass is 421 g/mol. The molecule has 0 saturated heterocycles. The van der Waals surface area contributed by atoms with Gasteiger partial charge in [-0.25, -0.2) is 9.97 Å². The molecule has 0 radical (unpaired) electrons. The van der Waals surface area contributed by atoms with Crippen molar-refractivity contribution in [2.24, 2.45) is 0 Å². The Labute approximate surface area is 186 Å². The molecule has 6 nitrogen and oxygen atoms in total. The molecule has 0 aliphatic heterocycles. The van der Waals surface area contributed by atoms with E-state index in [4.69, 9.17) is 10.00 Å². The number of nitrogens with zero attached hydrogens (tertiary/aromatic N) is 4. The summed E-state index contributed by atoms with van der Waals surface area (Å²) in [6, 6.07) is 18.2. The van der Waals surface area contributed by atoms with E-state index in [0.717, 1.165) is 44.3 Å². The number of H-pyrrole nitrogens is 1. The molecular formula is C26H23N5O. The van der Waals surface area contributed by atoms with E-state index in [0.29, 0.717) is 5.75 Å². The largest absolute Gasteiger partial charge is 0.479 e. The second kappa shape index (κ2) is 7.54. The van der Waals surface area contributed by atoms with Gasteiger partial charge in [0.25, 0.3) is 0 Å². The smallest absolute Gasteiger partial charge is 0.174 e. The zero-order chi connectivity index (χ0) is 22.3. The van der Waals surface area contributed by atoms with Gasteiger partial charge in [-0.2, -0.15) is 5.26 Å². The SMILES string of the molecule is CC(C)(C)n1cnc2ccc(-c3c[nH]c4ncc(-c5cccc(OCC#N)c5)cc34)cc21. The molecule has 0 amide bonds. The van der Waals surface area contributed by atoms with Crippen LogP contribution in [0, 0.1) is 11.3 Å². The Hall–Kier alpha value is -4.11. The van der Waals surface area contributed by atoms with E-state index in [9.17, 15) is 0 Å². The number of rotatable bonds is 4. The molecule has 158 valence electrons. The summed E-state index contributed by atoms with van der Waals surface area (Å²) in [5, 5.41) is 9.82. The summed E-state index contributed by atoms with van der Waals surface area (Å²) in [7, 11) is 0. The quantitative estimate of drug-likeness (QED) is 0.391. The van der Waals surface area contributed by atoms with Crippen molar-refractivity contribution < 1.29 is 4.74 Å². The average Bonchev–Trinajstić information content (AvgIpc) is 3.41. The minimum Gasteiger partial charge on any atom is -0.479 e. The van der Waals surface area contributed by atoms with Gasteiger partial charge < -0.3 is 14.3 Å². The standard InChI is InChI=1S/C26H23N5O/c1-26(2,3)31-16-30-23-8-7-18(13-24(23)31)22-15-29-25-21(22)12-19(14-28-25)17-5-4-6-20(11-17)32-10-9-27/h4-8,11-16H,10H2,1-3H3,(H,28,29). The third-order valence-corrected chi connectivity index (χ3v) is 5.58. The predicted octanol–water partition coefficient (Wildman–Crippen LogP) is 5.90. The summed E-state index contributed by atoms with van der Waals surface area (Å²) in [6.07, 6.45) is 5.77. The fourth-order valence-electron chi connectivity index (χ4n) is 3.99. The van der Waals surface area contributed by atoms with E-state index in [1.54, 1.807) is 0 Å². The lowest BCUT2D eigenvalue weighted by molar-refractivity contribution is 0.368. The van der Waals surface area contributed by atoms with Crippen LogP contribution < -0.4 is 4.74 Å². The van der Waals surface area contributed by atoms with Gasteiger partial charge in [-0.15, -0.1) is 0 Å². The number of ether oxygens (including phenoxy) is 1. The lowest BCUT2D eigenvalue weighted by atomic mass is 10.0. The van der Waals surface area contributed by atoms with Crippen molar-refractivity contribution in [3.63, 3.8) is 0 Å². The topological polar surface area (TPSA) is 79.5 Å². The summed E-state index contributed by atoms with van der Waals surface area (Å²) in [5.74, 6) is 0.666. The van der Waals surface area contributed by atoms with E-state index in [1.807, 2.05) is 49.1 Å². The first-order valence-electron chi connectivity index (χ1n) is 10.5. The molecule has 0 fully saturated rings. The van der Waals surface area contributed by atoms with Crippen LogP contribution in [0.3, 0.4) is 0 Å². The highest BCUT2D eigenvalue weighted by Gasteiger charge is 2.17. The molecule has 3 heterocycles. The fourth-order valence-corrected chi connectivity index (χ4v) is 3.99. The molecule has 0 saturated carbocycles. The van der Waals surface area contributed by atoms with Crippen LogP contribution in [0.25, 0.3) is 44.3 Å². The Bertz CT molecular complexity index is 1480. The van der Waals surface area contributed by atoms with Gasteiger partial charge in [-0.3, -0.25) is 0 Å². The van der Waals surface area contributed by atoms with Crippen molar-refractivity contribution in [2.75, 3.05) is 6.61 Å². The van der Waals surface area contributed by atoms with Crippen LogP contribution in [-0.4, -0.2) is 26.1 Å². The van der Waals surface area contributed by atoms with Crippen molar-refractivity contribution in [1.82, 2.24) is 19.5 Å². The van der Waals surface area contributed by atoms with Crippen molar-refractivity contribution >= 4 is 22.1 Å². The van der Waals surface area contributed by atoms with E-state index in [1.165, 1.54) is 0 Å². The number of imidazole rings is 1. The van der Waals surface area contributed by atoms with E-state index in [2.05, 4.69) is 64.6 Å². The first kappa shape index (κ1) is 19.8. The summed E-state index contributed by atoms with van der Waals surface area (Å²) < 4.78 is 7.66. The van der Waals surface area contributed by atoms with E-state index >= 15 is 0 Å². The number of aromatic amines is 1. The van der Waals surface area contributed by atoms with Crippen LogP contribution in [0.4, 0.5) is 0 Å².